The van der Waals surface area contributed by atoms with Gasteiger partial charge in [-0.05, 0) is 22.9 Å². The van der Waals surface area contributed by atoms with Gasteiger partial charge in [-0.3, -0.25) is 4.98 Å². The summed E-state index contributed by atoms with van der Waals surface area (Å²) in [6, 6.07) is 0. The van der Waals surface area contributed by atoms with Gasteiger partial charge < -0.3 is 29.2 Å². The Morgan fingerprint density at radius 2 is 1.96 bits per heavy atom. The Bertz CT molecular complexity index is 530. The Kier molecular flexibility index (Phi) is 8.55. The normalized spacial score (nSPS) is 16.5. The Hall–Kier alpha value is -0.770. The molecule has 0 aromatic carbocycles. The summed E-state index contributed by atoms with van der Waals surface area (Å²) in [6.45, 7) is 3.34. The highest BCUT2D eigenvalue weighted by Crippen LogP contribution is 2.44. The lowest BCUT2D eigenvalue weighted by Crippen LogP contribution is -2.45. The smallest absolute Gasteiger partial charge is 0.147 e. The van der Waals surface area contributed by atoms with E-state index in [0.29, 0.717) is 11.4 Å². The van der Waals surface area contributed by atoms with Crippen molar-refractivity contribution in [3.63, 3.8) is 0 Å². The van der Waals surface area contributed by atoms with Crippen LogP contribution in [0, 0.1) is 12.3 Å². The van der Waals surface area contributed by atoms with Crippen molar-refractivity contribution in [3.8, 4) is 5.75 Å². The van der Waals surface area contributed by atoms with E-state index in [-0.39, 0.29) is 13.4 Å². The number of hydrogen-bond acceptors (Lipinski definition) is 7. The van der Waals surface area contributed by atoms with E-state index >= 15 is 0 Å². The van der Waals surface area contributed by atoms with Crippen molar-refractivity contribution >= 4 is 15.9 Å². The quantitative estimate of drug-likeness (QED) is 0.571. The van der Waals surface area contributed by atoms with Gasteiger partial charge in [0.05, 0.1) is 31.8 Å². The van der Waals surface area contributed by atoms with Gasteiger partial charge in [0.15, 0.2) is 0 Å². The van der Waals surface area contributed by atoms with Crippen molar-refractivity contribution in [2.45, 2.75) is 26.1 Å². The molecule has 0 radical (unpaired) electrons. The number of halogens is 1. The molecule has 0 bridgehead atoms. The molecule has 7 nitrogen and oxygen atoms in total. The standard InChI is InChI=1S/C16H26BrNO6/c1-10-11(17)6-18-13(14(10)23-5)15(24-9-22-4)16(2,8-21-3)12(20)7-19/h6,12,15,19-20H,7-9H2,1-5H3. The van der Waals surface area contributed by atoms with E-state index in [1.807, 2.05) is 6.92 Å². The second-order valence-corrected chi connectivity index (χ2v) is 6.59. The molecule has 3 atom stereocenters. The van der Waals surface area contributed by atoms with E-state index in [1.54, 1.807) is 20.2 Å². The van der Waals surface area contributed by atoms with Crippen LogP contribution in [0.2, 0.25) is 0 Å². The topological polar surface area (TPSA) is 90.3 Å². The minimum atomic E-state index is -1.09. The van der Waals surface area contributed by atoms with E-state index in [2.05, 4.69) is 20.9 Å². The molecule has 138 valence electrons. The van der Waals surface area contributed by atoms with Crippen LogP contribution in [0.1, 0.15) is 24.3 Å². The van der Waals surface area contributed by atoms with Gasteiger partial charge in [0.2, 0.25) is 0 Å². The monoisotopic (exact) mass is 407 g/mol. The molecule has 0 aliphatic heterocycles. The lowest BCUT2D eigenvalue weighted by atomic mass is 9.77. The highest BCUT2D eigenvalue weighted by Gasteiger charge is 2.45. The van der Waals surface area contributed by atoms with Crippen molar-refractivity contribution in [2.75, 3.05) is 41.3 Å². The average molecular weight is 408 g/mol. The van der Waals surface area contributed by atoms with Crippen LogP contribution in [0.5, 0.6) is 5.75 Å². The minimum Gasteiger partial charge on any atom is -0.494 e. The van der Waals surface area contributed by atoms with Crippen molar-refractivity contribution < 1.29 is 29.2 Å². The number of ether oxygens (including phenoxy) is 4. The summed E-state index contributed by atoms with van der Waals surface area (Å²) in [5, 5.41) is 19.9. The van der Waals surface area contributed by atoms with Crippen LogP contribution < -0.4 is 4.74 Å². The lowest BCUT2D eigenvalue weighted by molar-refractivity contribution is -0.172. The molecular formula is C16H26BrNO6. The molecule has 0 fully saturated rings. The number of nitrogens with zero attached hydrogens (tertiary/aromatic N) is 1. The minimum absolute atomic E-state index is 0.0118. The molecule has 1 aromatic heterocycles. The largest absolute Gasteiger partial charge is 0.494 e. The lowest BCUT2D eigenvalue weighted by Gasteiger charge is -2.39. The number of aromatic nitrogens is 1. The Morgan fingerprint density at radius 1 is 1.29 bits per heavy atom. The molecule has 2 N–H and O–H groups in total. The maximum atomic E-state index is 10.4. The zero-order valence-corrected chi connectivity index (χ0v) is 16.3. The van der Waals surface area contributed by atoms with E-state index in [9.17, 15) is 10.2 Å². The molecule has 8 heteroatoms. The predicted molar refractivity (Wildman–Crippen MR) is 92.0 cm³/mol. The summed E-state index contributed by atoms with van der Waals surface area (Å²) >= 11 is 3.42. The van der Waals surface area contributed by atoms with Crippen LogP contribution >= 0.6 is 15.9 Å². The Morgan fingerprint density at radius 3 is 2.46 bits per heavy atom. The van der Waals surface area contributed by atoms with E-state index in [0.717, 1.165) is 10.0 Å². The first-order valence-electron chi connectivity index (χ1n) is 7.44. The average Bonchev–Trinajstić information content (AvgIpc) is 2.57. The van der Waals surface area contributed by atoms with Gasteiger partial charge >= 0.3 is 0 Å². The van der Waals surface area contributed by atoms with Gasteiger partial charge in [0, 0.05) is 30.5 Å². The fraction of sp³-hybridized carbons (Fsp3) is 0.688. The molecule has 0 amide bonds. The maximum Gasteiger partial charge on any atom is 0.147 e. The van der Waals surface area contributed by atoms with E-state index < -0.39 is 24.2 Å². The van der Waals surface area contributed by atoms with Gasteiger partial charge in [0.25, 0.3) is 0 Å². The van der Waals surface area contributed by atoms with Crippen molar-refractivity contribution in [3.05, 3.63) is 21.9 Å². The number of methoxy groups -OCH3 is 3. The summed E-state index contributed by atoms with van der Waals surface area (Å²) in [4.78, 5) is 4.43. The van der Waals surface area contributed by atoms with Gasteiger partial charge in [-0.25, -0.2) is 0 Å². The first kappa shape index (κ1) is 21.3. The number of rotatable bonds is 10. The first-order chi connectivity index (χ1) is 11.4. The molecule has 0 spiro atoms. The summed E-state index contributed by atoms with van der Waals surface area (Å²) in [5.74, 6) is 0.540. The third-order valence-electron chi connectivity index (χ3n) is 4.04. The second-order valence-electron chi connectivity index (χ2n) is 5.74. The molecule has 1 rings (SSSR count). The Labute approximate surface area is 151 Å². The zero-order chi connectivity index (χ0) is 18.3. The highest BCUT2D eigenvalue weighted by molar-refractivity contribution is 9.10. The van der Waals surface area contributed by atoms with Crippen LogP contribution in [0.3, 0.4) is 0 Å². The van der Waals surface area contributed by atoms with E-state index in [1.165, 1.54) is 14.2 Å². The Balaban J connectivity index is 3.48. The third kappa shape index (κ3) is 4.44. The number of pyridine rings is 1. The number of aliphatic hydroxyl groups excluding tert-OH is 2. The van der Waals surface area contributed by atoms with Crippen molar-refractivity contribution in [1.82, 2.24) is 4.98 Å². The fourth-order valence-corrected chi connectivity index (χ4v) is 2.89. The highest BCUT2D eigenvalue weighted by atomic mass is 79.9. The number of hydrogen-bond donors (Lipinski definition) is 2. The summed E-state index contributed by atoms with van der Waals surface area (Å²) in [5.41, 5.74) is 0.386. The van der Waals surface area contributed by atoms with Crippen LogP contribution in [-0.4, -0.2) is 62.6 Å². The second kappa shape index (κ2) is 9.65. The molecule has 0 aliphatic carbocycles. The van der Waals surface area contributed by atoms with E-state index in [4.69, 9.17) is 18.9 Å². The van der Waals surface area contributed by atoms with Crippen LogP contribution in [-0.2, 0) is 14.2 Å². The summed E-state index contributed by atoms with van der Waals surface area (Å²) < 4.78 is 22.4. The first-order valence-corrected chi connectivity index (χ1v) is 8.24. The van der Waals surface area contributed by atoms with Crippen LogP contribution in [0.25, 0.3) is 0 Å². The van der Waals surface area contributed by atoms with Crippen LogP contribution in [0.15, 0.2) is 10.7 Å². The molecule has 1 aromatic rings. The molecular weight excluding hydrogens is 382 g/mol. The molecule has 24 heavy (non-hydrogen) atoms. The van der Waals surface area contributed by atoms with Crippen LogP contribution in [0.4, 0.5) is 0 Å². The summed E-state index contributed by atoms with van der Waals surface area (Å²) in [6.07, 6.45) is -0.161. The number of aliphatic hydroxyl groups is 2. The predicted octanol–water partition coefficient (Wildman–Crippen LogP) is 1.83. The SMILES string of the molecule is COCOC(c1ncc(Br)c(C)c1OC)C(C)(COC)C(O)CO. The molecule has 1 heterocycles. The van der Waals surface area contributed by atoms with Gasteiger partial charge in [0.1, 0.15) is 24.3 Å². The molecule has 3 unspecified atom stereocenters. The van der Waals surface area contributed by atoms with Crippen molar-refractivity contribution in [1.29, 1.82) is 0 Å². The third-order valence-corrected chi connectivity index (χ3v) is 4.84. The summed E-state index contributed by atoms with van der Waals surface area (Å²) in [7, 11) is 4.57. The molecule has 0 aliphatic rings. The van der Waals surface area contributed by atoms with Gasteiger partial charge in [-0.15, -0.1) is 0 Å². The molecule has 0 saturated carbocycles. The van der Waals surface area contributed by atoms with Crippen molar-refractivity contribution in [2.24, 2.45) is 5.41 Å². The maximum absolute atomic E-state index is 10.4. The van der Waals surface area contributed by atoms with Gasteiger partial charge in [-0.1, -0.05) is 6.92 Å². The fourth-order valence-electron chi connectivity index (χ4n) is 2.61. The molecule has 0 saturated heterocycles. The van der Waals surface area contributed by atoms with Gasteiger partial charge in [-0.2, -0.15) is 0 Å². The zero-order valence-electron chi connectivity index (χ0n) is 14.7.